The van der Waals surface area contributed by atoms with E-state index in [9.17, 15) is 4.79 Å². The fourth-order valence-electron chi connectivity index (χ4n) is 2.74. The van der Waals surface area contributed by atoms with Crippen molar-refractivity contribution in [2.24, 2.45) is 0 Å². The van der Waals surface area contributed by atoms with Gasteiger partial charge in [0.15, 0.2) is 5.11 Å². The Morgan fingerprint density at radius 3 is 2.46 bits per heavy atom. The highest BCUT2D eigenvalue weighted by Crippen LogP contribution is 2.40. The summed E-state index contributed by atoms with van der Waals surface area (Å²) in [6.07, 6.45) is 0. The summed E-state index contributed by atoms with van der Waals surface area (Å²) in [6.45, 7) is 1.95. The third kappa shape index (κ3) is 4.31. The first-order chi connectivity index (χ1) is 13.4. The molecule has 144 valence electrons. The highest BCUT2D eigenvalue weighted by Gasteiger charge is 2.24. The number of thiophene rings is 1. The highest BCUT2D eigenvalue weighted by molar-refractivity contribution is 7.80. The molecule has 2 aromatic carbocycles. The molecule has 0 unspecified atom stereocenters. The fourth-order valence-corrected chi connectivity index (χ4v) is 4.43. The lowest BCUT2D eigenvalue weighted by atomic mass is 10.0. The number of rotatable bonds is 4. The molecule has 8 heteroatoms. The summed E-state index contributed by atoms with van der Waals surface area (Å²) in [4.78, 5) is 13.5. The number of esters is 1. The summed E-state index contributed by atoms with van der Waals surface area (Å²) in [7, 11) is 1.36. The van der Waals surface area contributed by atoms with E-state index in [0.29, 0.717) is 26.3 Å². The number of ether oxygens (including phenoxy) is 1. The average molecular weight is 451 g/mol. The van der Waals surface area contributed by atoms with Crippen LogP contribution in [-0.4, -0.2) is 18.2 Å². The predicted octanol–water partition coefficient (Wildman–Crippen LogP) is 6.63. The smallest absolute Gasteiger partial charge is 0.341 e. The second kappa shape index (κ2) is 8.92. The monoisotopic (exact) mass is 450 g/mol. The van der Waals surface area contributed by atoms with Crippen molar-refractivity contribution < 1.29 is 9.53 Å². The topological polar surface area (TPSA) is 50.4 Å². The van der Waals surface area contributed by atoms with Gasteiger partial charge in [-0.25, -0.2) is 4.79 Å². The first kappa shape index (κ1) is 20.6. The number of aryl methyl sites for hydroxylation is 1. The minimum Gasteiger partial charge on any atom is -0.465 e. The van der Waals surface area contributed by atoms with E-state index >= 15 is 0 Å². The van der Waals surface area contributed by atoms with Gasteiger partial charge < -0.3 is 15.4 Å². The molecule has 0 aliphatic carbocycles. The Morgan fingerprint density at radius 2 is 1.79 bits per heavy atom. The van der Waals surface area contributed by atoms with Crippen molar-refractivity contribution in [3.8, 4) is 11.1 Å². The molecule has 3 rings (SSSR count). The van der Waals surface area contributed by atoms with Crippen LogP contribution in [0.15, 0.2) is 48.5 Å². The summed E-state index contributed by atoms with van der Waals surface area (Å²) >= 11 is 19.1. The van der Waals surface area contributed by atoms with Gasteiger partial charge in [0.05, 0.1) is 22.8 Å². The van der Waals surface area contributed by atoms with E-state index in [1.165, 1.54) is 18.4 Å². The van der Waals surface area contributed by atoms with Gasteiger partial charge in [-0.2, -0.15) is 0 Å². The van der Waals surface area contributed by atoms with Crippen LogP contribution < -0.4 is 10.6 Å². The van der Waals surface area contributed by atoms with Gasteiger partial charge in [-0.15, -0.1) is 11.3 Å². The van der Waals surface area contributed by atoms with E-state index in [-0.39, 0.29) is 5.11 Å². The summed E-state index contributed by atoms with van der Waals surface area (Å²) in [5.41, 5.74) is 2.77. The summed E-state index contributed by atoms with van der Waals surface area (Å²) in [5, 5.41) is 7.77. The number of methoxy groups -OCH3 is 1. The number of thiocarbonyl (C=S) groups is 1. The standard InChI is InChI=1S/C20H16Cl2N2O2S2/c1-11-15(12-7-4-3-5-8-12)16(19(25)26-2)18(28-11)24-20(27)23-14-10-6-9-13(21)17(14)22/h3-10H,1-2H3,(H2,23,24,27). The van der Waals surface area contributed by atoms with Crippen LogP contribution in [0, 0.1) is 6.92 Å². The van der Waals surface area contributed by atoms with E-state index in [4.69, 9.17) is 40.2 Å². The molecule has 2 N–H and O–H groups in total. The van der Waals surface area contributed by atoms with Crippen LogP contribution in [0.2, 0.25) is 10.0 Å². The van der Waals surface area contributed by atoms with E-state index < -0.39 is 5.97 Å². The van der Waals surface area contributed by atoms with Gasteiger partial charge in [-0.1, -0.05) is 59.6 Å². The van der Waals surface area contributed by atoms with Crippen LogP contribution in [0.1, 0.15) is 15.2 Å². The molecule has 28 heavy (non-hydrogen) atoms. The molecule has 0 saturated carbocycles. The number of carbonyl (C=O) groups is 1. The lowest BCUT2D eigenvalue weighted by Crippen LogP contribution is -2.20. The van der Waals surface area contributed by atoms with Crippen molar-refractivity contribution in [1.29, 1.82) is 0 Å². The molecule has 0 bridgehead atoms. The molecular formula is C20H16Cl2N2O2S2. The van der Waals surface area contributed by atoms with Crippen LogP contribution in [0.4, 0.5) is 10.7 Å². The third-order valence-corrected chi connectivity index (χ3v) is 6.01. The maximum Gasteiger partial charge on any atom is 0.341 e. The van der Waals surface area contributed by atoms with Gasteiger partial charge in [0.1, 0.15) is 10.6 Å². The molecule has 0 aliphatic rings. The van der Waals surface area contributed by atoms with Crippen LogP contribution in [0.3, 0.4) is 0 Å². The molecule has 0 radical (unpaired) electrons. The largest absolute Gasteiger partial charge is 0.465 e. The lowest BCUT2D eigenvalue weighted by Gasteiger charge is -2.12. The number of benzene rings is 2. The van der Waals surface area contributed by atoms with Crippen molar-refractivity contribution >= 4 is 68.5 Å². The van der Waals surface area contributed by atoms with Crippen LogP contribution >= 0.6 is 46.8 Å². The Bertz CT molecular complexity index is 1040. The van der Waals surface area contributed by atoms with Crippen LogP contribution in [0.5, 0.6) is 0 Å². The maximum atomic E-state index is 12.5. The minimum absolute atomic E-state index is 0.287. The second-order valence-electron chi connectivity index (χ2n) is 5.78. The molecule has 0 spiro atoms. The zero-order valence-corrected chi connectivity index (χ0v) is 18.2. The molecule has 0 amide bonds. The third-order valence-electron chi connectivity index (χ3n) is 3.96. The van der Waals surface area contributed by atoms with Crippen LogP contribution in [0.25, 0.3) is 11.1 Å². The maximum absolute atomic E-state index is 12.5. The Morgan fingerprint density at radius 1 is 1.07 bits per heavy atom. The number of hydrogen-bond acceptors (Lipinski definition) is 4. The van der Waals surface area contributed by atoms with Crippen molar-refractivity contribution in [3.63, 3.8) is 0 Å². The molecule has 0 atom stereocenters. The normalized spacial score (nSPS) is 10.4. The van der Waals surface area contributed by atoms with Gasteiger partial charge in [0, 0.05) is 10.4 Å². The van der Waals surface area contributed by atoms with Crippen molar-refractivity contribution in [2.45, 2.75) is 6.92 Å². The zero-order chi connectivity index (χ0) is 20.3. The quantitative estimate of drug-likeness (QED) is 0.345. The number of carbonyl (C=O) groups excluding carboxylic acids is 1. The second-order valence-corrected chi connectivity index (χ2v) is 8.19. The first-order valence-electron chi connectivity index (χ1n) is 8.21. The van der Waals surface area contributed by atoms with Crippen LogP contribution in [-0.2, 0) is 4.74 Å². The van der Waals surface area contributed by atoms with E-state index in [2.05, 4.69) is 10.6 Å². The van der Waals surface area contributed by atoms with Gasteiger partial charge in [-0.05, 0) is 36.8 Å². The Labute approximate surface area is 182 Å². The minimum atomic E-state index is -0.436. The zero-order valence-electron chi connectivity index (χ0n) is 15.0. The molecule has 0 fully saturated rings. The van der Waals surface area contributed by atoms with Gasteiger partial charge in [0.25, 0.3) is 0 Å². The summed E-state index contributed by atoms with van der Waals surface area (Å²) in [6, 6.07) is 14.9. The SMILES string of the molecule is COC(=O)c1c(NC(=S)Nc2cccc(Cl)c2Cl)sc(C)c1-c1ccccc1. The van der Waals surface area contributed by atoms with Gasteiger partial charge in [0.2, 0.25) is 0 Å². The Balaban J connectivity index is 1.95. The molecule has 4 nitrogen and oxygen atoms in total. The van der Waals surface area contributed by atoms with E-state index in [0.717, 1.165) is 16.0 Å². The molecule has 0 aliphatic heterocycles. The van der Waals surface area contributed by atoms with Gasteiger partial charge in [-0.3, -0.25) is 0 Å². The lowest BCUT2D eigenvalue weighted by molar-refractivity contribution is 0.0603. The average Bonchev–Trinajstić information content (AvgIpc) is 3.01. The van der Waals surface area contributed by atoms with Crippen molar-refractivity contribution in [2.75, 3.05) is 17.7 Å². The molecule has 3 aromatic rings. The number of hydrogen-bond donors (Lipinski definition) is 2. The van der Waals surface area contributed by atoms with E-state index in [1.807, 2.05) is 37.3 Å². The predicted molar refractivity (Wildman–Crippen MR) is 122 cm³/mol. The Kier molecular flexibility index (Phi) is 6.57. The van der Waals surface area contributed by atoms with E-state index in [1.54, 1.807) is 18.2 Å². The molecule has 1 heterocycles. The number of nitrogens with one attached hydrogen (secondary N) is 2. The Hall–Kier alpha value is -2.12. The summed E-state index contributed by atoms with van der Waals surface area (Å²) in [5.74, 6) is -0.436. The number of halogens is 2. The van der Waals surface area contributed by atoms with Crippen molar-refractivity contribution in [1.82, 2.24) is 0 Å². The fraction of sp³-hybridized carbons (Fsp3) is 0.100. The molecule has 0 saturated heterocycles. The van der Waals surface area contributed by atoms with Gasteiger partial charge >= 0.3 is 5.97 Å². The van der Waals surface area contributed by atoms with Crippen molar-refractivity contribution in [3.05, 3.63) is 69.0 Å². The highest BCUT2D eigenvalue weighted by atomic mass is 35.5. The molecule has 1 aromatic heterocycles. The number of anilines is 2. The molecular weight excluding hydrogens is 435 g/mol. The first-order valence-corrected chi connectivity index (χ1v) is 10.2. The summed E-state index contributed by atoms with van der Waals surface area (Å²) < 4.78 is 5.01.